The summed E-state index contributed by atoms with van der Waals surface area (Å²) in [6.45, 7) is 4.82. The van der Waals surface area contributed by atoms with Crippen LogP contribution in [0.4, 0.5) is 10.1 Å². The molecule has 1 amide bonds. The third-order valence-corrected chi connectivity index (χ3v) is 4.41. The first-order valence-corrected chi connectivity index (χ1v) is 8.60. The Labute approximate surface area is 147 Å². The Hall–Kier alpha value is -2.47. The van der Waals surface area contributed by atoms with E-state index in [2.05, 4.69) is 20.1 Å². The number of hydrogen-bond acceptors (Lipinski definition) is 4. The van der Waals surface area contributed by atoms with E-state index in [1.54, 1.807) is 6.20 Å². The average molecular weight is 342 g/mol. The summed E-state index contributed by atoms with van der Waals surface area (Å²) >= 11 is 0. The zero-order chi connectivity index (χ0) is 17.5. The summed E-state index contributed by atoms with van der Waals surface area (Å²) in [6.07, 6.45) is 2.21. The molecule has 0 atom stereocenters. The SMILES string of the molecule is O=C(CCN1CCN(c2ccc(F)cc2)CC1)NCc1ccccn1. The molecule has 1 aliphatic heterocycles. The topological polar surface area (TPSA) is 48.5 Å². The Morgan fingerprint density at radius 3 is 2.52 bits per heavy atom. The molecule has 2 aromatic rings. The van der Waals surface area contributed by atoms with E-state index in [0.717, 1.165) is 44.1 Å². The molecule has 132 valence electrons. The van der Waals surface area contributed by atoms with Crippen LogP contribution in [-0.4, -0.2) is 48.5 Å². The fourth-order valence-electron chi connectivity index (χ4n) is 2.92. The van der Waals surface area contributed by atoms with E-state index in [1.807, 2.05) is 30.3 Å². The fourth-order valence-corrected chi connectivity index (χ4v) is 2.92. The number of carbonyl (C=O) groups excluding carboxylic acids is 1. The molecule has 1 aromatic heterocycles. The number of rotatable bonds is 6. The highest BCUT2D eigenvalue weighted by Gasteiger charge is 2.17. The largest absolute Gasteiger partial charge is 0.369 e. The van der Waals surface area contributed by atoms with Crippen molar-refractivity contribution in [3.8, 4) is 0 Å². The molecule has 0 saturated carbocycles. The Morgan fingerprint density at radius 2 is 1.84 bits per heavy atom. The van der Waals surface area contributed by atoms with Gasteiger partial charge in [-0.1, -0.05) is 6.07 Å². The molecule has 0 aliphatic carbocycles. The molecule has 1 aromatic carbocycles. The van der Waals surface area contributed by atoms with Gasteiger partial charge in [0, 0.05) is 51.0 Å². The molecule has 1 fully saturated rings. The average Bonchev–Trinajstić information content (AvgIpc) is 2.67. The van der Waals surface area contributed by atoms with E-state index in [9.17, 15) is 9.18 Å². The van der Waals surface area contributed by atoms with Crippen LogP contribution in [-0.2, 0) is 11.3 Å². The van der Waals surface area contributed by atoms with Crippen molar-refractivity contribution in [3.05, 3.63) is 60.2 Å². The highest BCUT2D eigenvalue weighted by atomic mass is 19.1. The Kier molecular flexibility index (Phi) is 5.95. The monoisotopic (exact) mass is 342 g/mol. The molecule has 1 saturated heterocycles. The summed E-state index contributed by atoms with van der Waals surface area (Å²) in [4.78, 5) is 20.7. The molecule has 0 spiro atoms. The smallest absolute Gasteiger partial charge is 0.221 e. The van der Waals surface area contributed by atoms with Gasteiger partial charge in [0.2, 0.25) is 5.91 Å². The zero-order valence-electron chi connectivity index (χ0n) is 14.2. The summed E-state index contributed by atoms with van der Waals surface area (Å²) in [5, 5.41) is 2.90. The molecule has 1 aliphatic rings. The predicted octanol–water partition coefficient (Wildman–Crippen LogP) is 2.05. The number of nitrogens with one attached hydrogen (secondary N) is 1. The summed E-state index contributed by atoms with van der Waals surface area (Å²) < 4.78 is 13.0. The van der Waals surface area contributed by atoms with Crippen LogP contribution in [0.3, 0.4) is 0 Å². The molecule has 0 unspecified atom stereocenters. The van der Waals surface area contributed by atoms with Crippen LogP contribution in [0.25, 0.3) is 0 Å². The van der Waals surface area contributed by atoms with Gasteiger partial charge in [-0.15, -0.1) is 0 Å². The highest BCUT2D eigenvalue weighted by Crippen LogP contribution is 2.16. The number of pyridine rings is 1. The molecule has 5 nitrogen and oxygen atoms in total. The van der Waals surface area contributed by atoms with Crippen molar-refractivity contribution in [2.24, 2.45) is 0 Å². The first-order chi connectivity index (χ1) is 12.2. The Balaban J connectivity index is 1.36. The lowest BCUT2D eigenvalue weighted by Gasteiger charge is -2.36. The van der Waals surface area contributed by atoms with Crippen molar-refractivity contribution in [1.29, 1.82) is 0 Å². The number of aromatic nitrogens is 1. The van der Waals surface area contributed by atoms with Crippen molar-refractivity contribution in [1.82, 2.24) is 15.2 Å². The van der Waals surface area contributed by atoms with E-state index in [4.69, 9.17) is 0 Å². The van der Waals surface area contributed by atoms with Gasteiger partial charge in [-0.3, -0.25) is 14.7 Å². The van der Waals surface area contributed by atoms with Crippen LogP contribution < -0.4 is 10.2 Å². The summed E-state index contributed by atoms with van der Waals surface area (Å²) in [5.41, 5.74) is 1.91. The maximum Gasteiger partial charge on any atom is 0.221 e. The van der Waals surface area contributed by atoms with Gasteiger partial charge in [-0.25, -0.2) is 4.39 Å². The normalized spacial score (nSPS) is 15.2. The van der Waals surface area contributed by atoms with Crippen LogP contribution in [0.1, 0.15) is 12.1 Å². The number of nitrogens with zero attached hydrogens (tertiary/aromatic N) is 3. The van der Waals surface area contributed by atoms with Crippen molar-refractivity contribution in [3.63, 3.8) is 0 Å². The molecule has 25 heavy (non-hydrogen) atoms. The second-order valence-electron chi connectivity index (χ2n) is 6.15. The number of anilines is 1. The number of carbonyl (C=O) groups is 1. The molecule has 0 radical (unpaired) electrons. The van der Waals surface area contributed by atoms with Crippen LogP contribution in [0, 0.1) is 5.82 Å². The van der Waals surface area contributed by atoms with Gasteiger partial charge in [-0.2, -0.15) is 0 Å². The highest BCUT2D eigenvalue weighted by molar-refractivity contribution is 5.76. The molecule has 0 bridgehead atoms. The minimum absolute atomic E-state index is 0.0478. The van der Waals surface area contributed by atoms with Gasteiger partial charge in [0.1, 0.15) is 5.82 Å². The third kappa shape index (κ3) is 5.26. The number of hydrogen-bond donors (Lipinski definition) is 1. The standard InChI is InChI=1S/C19H23FN4O/c20-16-4-6-18(7-5-16)24-13-11-23(12-14-24)10-8-19(25)22-15-17-3-1-2-9-21-17/h1-7,9H,8,10-15H2,(H,22,25). The quantitative estimate of drug-likeness (QED) is 0.873. The molecule has 6 heteroatoms. The van der Waals surface area contributed by atoms with Crippen molar-refractivity contribution in [2.75, 3.05) is 37.6 Å². The maximum atomic E-state index is 13.0. The second kappa shape index (κ2) is 8.58. The van der Waals surface area contributed by atoms with Gasteiger partial charge in [0.25, 0.3) is 0 Å². The van der Waals surface area contributed by atoms with Crippen LogP contribution in [0.2, 0.25) is 0 Å². The number of amides is 1. The van der Waals surface area contributed by atoms with E-state index >= 15 is 0 Å². The molecule has 1 N–H and O–H groups in total. The second-order valence-corrected chi connectivity index (χ2v) is 6.15. The van der Waals surface area contributed by atoms with E-state index in [0.29, 0.717) is 13.0 Å². The van der Waals surface area contributed by atoms with E-state index in [1.165, 1.54) is 12.1 Å². The Morgan fingerprint density at radius 1 is 1.08 bits per heavy atom. The summed E-state index contributed by atoms with van der Waals surface area (Å²) in [7, 11) is 0. The van der Waals surface area contributed by atoms with Crippen molar-refractivity contribution < 1.29 is 9.18 Å². The van der Waals surface area contributed by atoms with Crippen LogP contribution in [0.15, 0.2) is 48.7 Å². The molecular formula is C19H23FN4O. The zero-order valence-corrected chi connectivity index (χ0v) is 14.2. The van der Waals surface area contributed by atoms with Gasteiger partial charge in [0.15, 0.2) is 0 Å². The van der Waals surface area contributed by atoms with E-state index < -0.39 is 0 Å². The fraction of sp³-hybridized carbons (Fsp3) is 0.368. The lowest BCUT2D eigenvalue weighted by Crippen LogP contribution is -2.47. The van der Waals surface area contributed by atoms with Gasteiger partial charge in [0.05, 0.1) is 12.2 Å². The van der Waals surface area contributed by atoms with Crippen LogP contribution in [0.5, 0.6) is 0 Å². The minimum atomic E-state index is -0.209. The first kappa shape index (κ1) is 17.4. The van der Waals surface area contributed by atoms with Gasteiger partial charge >= 0.3 is 0 Å². The Bertz CT molecular complexity index is 670. The molecule has 3 rings (SSSR count). The number of halogens is 1. The van der Waals surface area contributed by atoms with Crippen LogP contribution >= 0.6 is 0 Å². The molecular weight excluding hydrogens is 319 g/mol. The van der Waals surface area contributed by atoms with Crippen molar-refractivity contribution in [2.45, 2.75) is 13.0 Å². The summed E-state index contributed by atoms with van der Waals surface area (Å²) in [5.74, 6) is -0.161. The number of piperazine rings is 1. The van der Waals surface area contributed by atoms with Gasteiger partial charge in [-0.05, 0) is 36.4 Å². The number of benzene rings is 1. The summed E-state index contributed by atoms with van der Waals surface area (Å²) in [6, 6.07) is 12.3. The lowest BCUT2D eigenvalue weighted by molar-refractivity contribution is -0.121. The minimum Gasteiger partial charge on any atom is -0.369 e. The maximum absolute atomic E-state index is 13.0. The lowest BCUT2D eigenvalue weighted by atomic mass is 10.2. The van der Waals surface area contributed by atoms with Gasteiger partial charge < -0.3 is 10.2 Å². The molecule has 2 heterocycles. The van der Waals surface area contributed by atoms with Crippen molar-refractivity contribution >= 4 is 11.6 Å². The van der Waals surface area contributed by atoms with E-state index in [-0.39, 0.29) is 11.7 Å². The first-order valence-electron chi connectivity index (χ1n) is 8.60. The third-order valence-electron chi connectivity index (χ3n) is 4.41. The predicted molar refractivity (Wildman–Crippen MR) is 95.8 cm³/mol.